The van der Waals surface area contributed by atoms with E-state index in [1.165, 1.54) is 0 Å². The van der Waals surface area contributed by atoms with Crippen LogP contribution in [0.25, 0.3) is 0 Å². The maximum atomic E-state index is 12.4. The molecule has 0 spiro atoms. The highest BCUT2D eigenvalue weighted by Crippen LogP contribution is 2.20. The summed E-state index contributed by atoms with van der Waals surface area (Å²) in [5.41, 5.74) is 1.06. The molecule has 0 radical (unpaired) electrons. The van der Waals surface area contributed by atoms with Crippen LogP contribution in [0.4, 0.5) is 0 Å². The average Bonchev–Trinajstić information content (AvgIpc) is 3.02. The van der Waals surface area contributed by atoms with Gasteiger partial charge in [-0.15, -0.1) is 0 Å². The van der Waals surface area contributed by atoms with E-state index in [1.54, 1.807) is 0 Å². The van der Waals surface area contributed by atoms with Gasteiger partial charge in [0.25, 0.3) is 0 Å². The van der Waals surface area contributed by atoms with E-state index in [9.17, 15) is 4.79 Å². The molecule has 2 heterocycles. The van der Waals surface area contributed by atoms with Gasteiger partial charge >= 0.3 is 0 Å². The van der Waals surface area contributed by atoms with E-state index in [1.807, 2.05) is 42.2 Å². The van der Waals surface area contributed by atoms with Gasteiger partial charge in [-0.25, -0.2) is 0 Å². The number of benzene rings is 1. The number of aromatic nitrogens is 2. The van der Waals surface area contributed by atoms with Crippen LogP contribution in [0.5, 0.6) is 0 Å². The van der Waals surface area contributed by atoms with E-state index in [0.717, 1.165) is 31.7 Å². The Morgan fingerprint density at radius 3 is 2.52 bits per heavy atom. The number of rotatable bonds is 4. The van der Waals surface area contributed by atoms with E-state index in [-0.39, 0.29) is 11.9 Å². The highest BCUT2D eigenvalue weighted by atomic mass is 16.5. The predicted molar refractivity (Wildman–Crippen MR) is 85.7 cm³/mol. The van der Waals surface area contributed by atoms with Crippen LogP contribution in [0.15, 0.2) is 34.9 Å². The van der Waals surface area contributed by atoms with Crippen LogP contribution >= 0.6 is 0 Å². The average molecular weight is 314 g/mol. The second kappa shape index (κ2) is 6.91. The maximum absolute atomic E-state index is 12.4. The minimum absolute atomic E-state index is 0.0857. The van der Waals surface area contributed by atoms with Crippen LogP contribution in [0.3, 0.4) is 0 Å². The van der Waals surface area contributed by atoms with E-state index in [2.05, 4.69) is 22.0 Å². The lowest BCUT2D eigenvalue weighted by Gasteiger charge is -2.36. The van der Waals surface area contributed by atoms with Gasteiger partial charge in [-0.3, -0.25) is 9.69 Å². The molecule has 1 atom stereocenters. The molecule has 0 aliphatic carbocycles. The minimum atomic E-state index is 0.0857. The van der Waals surface area contributed by atoms with Crippen molar-refractivity contribution in [2.75, 3.05) is 26.2 Å². The van der Waals surface area contributed by atoms with Crippen LogP contribution in [-0.2, 0) is 11.2 Å². The summed E-state index contributed by atoms with van der Waals surface area (Å²) in [4.78, 5) is 20.9. The fourth-order valence-electron chi connectivity index (χ4n) is 2.88. The van der Waals surface area contributed by atoms with E-state index >= 15 is 0 Å². The first-order valence-corrected chi connectivity index (χ1v) is 7.99. The number of hydrogen-bond donors (Lipinski definition) is 0. The predicted octanol–water partition coefficient (Wildman–Crippen LogP) is 1.83. The largest absolute Gasteiger partial charge is 0.340 e. The molecule has 1 aromatic heterocycles. The Labute approximate surface area is 136 Å². The molecule has 3 rings (SSSR count). The van der Waals surface area contributed by atoms with Crippen molar-refractivity contribution < 1.29 is 9.32 Å². The van der Waals surface area contributed by atoms with Gasteiger partial charge in [0.15, 0.2) is 5.82 Å². The molecule has 1 aliphatic rings. The Morgan fingerprint density at radius 2 is 1.91 bits per heavy atom. The molecule has 1 saturated heterocycles. The van der Waals surface area contributed by atoms with E-state index < -0.39 is 0 Å². The van der Waals surface area contributed by atoms with Crippen LogP contribution in [-0.4, -0.2) is 52.0 Å². The molecular weight excluding hydrogens is 292 g/mol. The summed E-state index contributed by atoms with van der Waals surface area (Å²) in [6, 6.07) is 9.97. The maximum Gasteiger partial charge on any atom is 0.243 e. The van der Waals surface area contributed by atoms with Crippen molar-refractivity contribution >= 4 is 5.91 Å². The summed E-state index contributed by atoms with van der Waals surface area (Å²) in [6.07, 6.45) is 0.471. The third-order valence-electron chi connectivity index (χ3n) is 4.31. The SMILES string of the molecule is Cc1noc([C@H](C)N2CCN(C(=O)Cc3ccccc3)CC2)n1. The molecule has 1 fully saturated rings. The zero-order valence-corrected chi connectivity index (χ0v) is 13.6. The topological polar surface area (TPSA) is 62.5 Å². The molecule has 0 bridgehead atoms. The lowest BCUT2D eigenvalue weighted by Crippen LogP contribution is -2.49. The van der Waals surface area contributed by atoms with Crippen molar-refractivity contribution in [1.82, 2.24) is 19.9 Å². The van der Waals surface area contributed by atoms with Gasteiger partial charge in [-0.1, -0.05) is 35.5 Å². The standard InChI is InChI=1S/C17H22N4O2/c1-13(17-18-14(2)19-23-17)20-8-10-21(11-9-20)16(22)12-15-6-4-3-5-7-15/h3-7,13H,8-12H2,1-2H3/t13-/m0/s1. The van der Waals surface area contributed by atoms with Gasteiger partial charge in [0.2, 0.25) is 11.8 Å². The zero-order chi connectivity index (χ0) is 16.2. The normalized spacial score (nSPS) is 17.2. The Hall–Kier alpha value is -2.21. The monoisotopic (exact) mass is 314 g/mol. The van der Waals surface area contributed by atoms with Crippen molar-refractivity contribution in [2.45, 2.75) is 26.3 Å². The first-order valence-electron chi connectivity index (χ1n) is 7.99. The first kappa shape index (κ1) is 15.7. The first-order chi connectivity index (χ1) is 11.1. The molecule has 23 heavy (non-hydrogen) atoms. The third kappa shape index (κ3) is 3.76. The van der Waals surface area contributed by atoms with Gasteiger partial charge in [0, 0.05) is 26.2 Å². The highest BCUT2D eigenvalue weighted by Gasteiger charge is 2.27. The highest BCUT2D eigenvalue weighted by molar-refractivity contribution is 5.78. The number of aryl methyl sites for hydroxylation is 1. The summed E-state index contributed by atoms with van der Waals surface area (Å²) in [5, 5.41) is 3.85. The van der Waals surface area contributed by atoms with Crippen molar-refractivity contribution in [3.05, 3.63) is 47.6 Å². The lowest BCUT2D eigenvalue weighted by molar-refractivity contribution is -0.132. The molecule has 1 aliphatic heterocycles. The summed E-state index contributed by atoms with van der Waals surface area (Å²) in [5.74, 6) is 1.49. The van der Waals surface area contributed by atoms with E-state index in [0.29, 0.717) is 18.1 Å². The summed E-state index contributed by atoms with van der Waals surface area (Å²) < 4.78 is 5.25. The van der Waals surface area contributed by atoms with Crippen molar-refractivity contribution in [1.29, 1.82) is 0 Å². The van der Waals surface area contributed by atoms with Gasteiger partial charge in [0.05, 0.1) is 12.5 Å². The lowest BCUT2D eigenvalue weighted by atomic mass is 10.1. The number of piperazine rings is 1. The Morgan fingerprint density at radius 1 is 1.22 bits per heavy atom. The Bertz CT molecular complexity index is 648. The second-order valence-corrected chi connectivity index (χ2v) is 5.93. The molecule has 1 amide bonds. The number of nitrogens with zero attached hydrogens (tertiary/aromatic N) is 4. The molecule has 6 nitrogen and oxygen atoms in total. The molecule has 0 N–H and O–H groups in total. The summed E-state index contributed by atoms with van der Waals surface area (Å²) in [6.45, 7) is 7.01. The fourth-order valence-corrected chi connectivity index (χ4v) is 2.88. The molecule has 0 saturated carbocycles. The Kier molecular flexibility index (Phi) is 4.71. The van der Waals surface area contributed by atoms with Crippen molar-refractivity contribution in [3.8, 4) is 0 Å². The second-order valence-electron chi connectivity index (χ2n) is 5.93. The van der Waals surface area contributed by atoms with Crippen molar-refractivity contribution in [2.24, 2.45) is 0 Å². The molecular formula is C17H22N4O2. The van der Waals surface area contributed by atoms with Gasteiger partial charge in [-0.2, -0.15) is 4.98 Å². The summed E-state index contributed by atoms with van der Waals surface area (Å²) in [7, 11) is 0. The number of carbonyl (C=O) groups excluding carboxylic acids is 1. The van der Waals surface area contributed by atoms with Crippen LogP contribution in [0, 0.1) is 6.92 Å². The zero-order valence-electron chi connectivity index (χ0n) is 13.6. The molecule has 0 unspecified atom stereocenters. The molecule has 6 heteroatoms. The van der Waals surface area contributed by atoms with Crippen molar-refractivity contribution in [3.63, 3.8) is 0 Å². The Balaban J connectivity index is 1.53. The van der Waals surface area contributed by atoms with Gasteiger partial charge in [0.1, 0.15) is 0 Å². The third-order valence-corrected chi connectivity index (χ3v) is 4.31. The molecule has 2 aromatic rings. The molecule has 1 aromatic carbocycles. The van der Waals surface area contributed by atoms with Gasteiger partial charge < -0.3 is 9.42 Å². The quantitative estimate of drug-likeness (QED) is 0.861. The van der Waals surface area contributed by atoms with Gasteiger partial charge in [-0.05, 0) is 19.4 Å². The summed E-state index contributed by atoms with van der Waals surface area (Å²) >= 11 is 0. The number of hydrogen-bond acceptors (Lipinski definition) is 5. The smallest absolute Gasteiger partial charge is 0.243 e. The number of amides is 1. The van der Waals surface area contributed by atoms with Crippen LogP contribution < -0.4 is 0 Å². The fraction of sp³-hybridized carbons (Fsp3) is 0.471. The minimum Gasteiger partial charge on any atom is -0.340 e. The number of carbonyl (C=O) groups is 1. The molecule has 122 valence electrons. The van der Waals surface area contributed by atoms with Crippen LogP contribution in [0.1, 0.15) is 30.2 Å². The van der Waals surface area contributed by atoms with E-state index in [4.69, 9.17) is 4.52 Å². The van der Waals surface area contributed by atoms with Crippen LogP contribution in [0.2, 0.25) is 0 Å².